The van der Waals surface area contributed by atoms with Crippen LogP contribution < -0.4 is 0 Å². The standard InChI is InChI=1S/C19H16N2O4/c22-17-15-8-1-2-9-16(15)18(23)20(17)19(10-3-4-11-19)13-6-5-7-14(12-13)21(24)25/h1-2,5-9,12H,3-4,10-11H2. The summed E-state index contributed by atoms with van der Waals surface area (Å²) >= 11 is 0. The molecule has 2 amide bonds. The maximum Gasteiger partial charge on any atom is 0.269 e. The molecule has 2 aromatic carbocycles. The van der Waals surface area contributed by atoms with Crippen molar-refractivity contribution in [2.45, 2.75) is 31.2 Å². The Balaban J connectivity index is 1.86. The summed E-state index contributed by atoms with van der Waals surface area (Å²) in [5, 5.41) is 11.2. The van der Waals surface area contributed by atoms with Crippen LogP contribution in [0, 0.1) is 10.1 Å². The first kappa shape index (κ1) is 15.5. The van der Waals surface area contributed by atoms with Crippen molar-refractivity contribution in [2.75, 3.05) is 0 Å². The van der Waals surface area contributed by atoms with Gasteiger partial charge in [-0.3, -0.25) is 24.6 Å². The molecule has 4 rings (SSSR count). The van der Waals surface area contributed by atoms with Gasteiger partial charge in [0.05, 0.1) is 21.6 Å². The third-order valence-corrected chi connectivity index (χ3v) is 5.25. The number of non-ortho nitro benzene ring substituents is 1. The summed E-state index contributed by atoms with van der Waals surface area (Å²) in [5.74, 6) is -0.622. The maximum atomic E-state index is 13.0. The zero-order chi connectivity index (χ0) is 17.6. The minimum absolute atomic E-state index is 0.0274. The smallest absolute Gasteiger partial charge is 0.269 e. The number of fused-ring (bicyclic) bond motifs is 1. The van der Waals surface area contributed by atoms with Crippen LogP contribution in [0.2, 0.25) is 0 Å². The molecule has 2 aromatic rings. The molecule has 0 spiro atoms. The highest BCUT2D eigenvalue weighted by Crippen LogP contribution is 2.47. The highest BCUT2D eigenvalue weighted by atomic mass is 16.6. The molecule has 1 fully saturated rings. The third-order valence-electron chi connectivity index (χ3n) is 5.25. The van der Waals surface area contributed by atoms with Gasteiger partial charge in [0.25, 0.3) is 17.5 Å². The molecule has 1 saturated carbocycles. The van der Waals surface area contributed by atoms with Crippen LogP contribution in [0.5, 0.6) is 0 Å². The van der Waals surface area contributed by atoms with Crippen LogP contribution in [-0.2, 0) is 5.54 Å². The lowest BCUT2D eigenvalue weighted by molar-refractivity contribution is -0.385. The van der Waals surface area contributed by atoms with E-state index in [4.69, 9.17) is 0 Å². The van der Waals surface area contributed by atoms with Gasteiger partial charge in [0.1, 0.15) is 0 Å². The van der Waals surface area contributed by atoms with Gasteiger partial charge in [0.15, 0.2) is 0 Å². The Morgan fingerprint density at radius 3 is 2.08 bits per heavy atom. The van der Waals surface area contributed by atoms with Crippen molar-refractivity contribution in [3.05, 3.63) is 75.3 Å². The largest absolute Gasteiger partial charge is 0.269 e. The van der Waals surface area contributed by atoms with E-state index in [1.807, 2.05) is 0 Å². The number of carbonyl (C=O) groups is 2. The summed E-state index contributed by atoms with van der Waals surface area (Å²) < 4.78 is 0. The molecule has 0 N–H and O–H groups in total. The second-order valence-electron chi connectivity index (χ2n) is 6.54. The maximum absolute atomic E-state index is 13.0. The average molecular weight is 336 g/mol. The van der Waals surface area contributed by atoms with E-state index in [1.165, 1.54) is 17.0 Å². The minimum Gasteiger partial charge on any atom is -0.269 e. The first-order valence-corrected chi connectivity index (χ1v) is 8.27. The van der Waals surface area contributed by atoms with Gasteiger partial charge in [0, 0.05) is 12.1 Å². The van der Waals surface area contributed by atoms with Crippen LogP contribution in [0.15, 0.2) is 48.5 Å². The Morgan fingerprint density at radius 2 is 1.52 bits per heavy atom. The van der Waals surface area contributed by atoms with Crippen LogP contribution in [0.25, 0.3) is 0 Å². The van der Waals surface area contributed by atoms with E-state index in [0.29, 0.717) is 29.5 Å². The molecule has 0 atom stereocenters. The van der Waals surface area contributed by atoms with Crippen molar-refractivity contribution in [3.63, 3.8) is 0 Å². The number of nitrogens with zero attached hydrogens (tertiary/aromatic N) is 2. The number of benzene rings is 2. The van der Waals surface area contributed by atoms with E-state index < -0.39 is 10.5 Å². The minimum atomic E-state index is -0.806. The SMILES string of the molecule is O=C1c2ccccc2C(=O)N1C1(c2cccc([N+](=O)[O-])c2)CCCC1. The first-order valence-electron chi connectivity index (χ1n) is 8.27. The van der Waals surface area contributed by atoms with E-state index >= 15 is 0 Å². The van der Waals surface area contributed by atoms with Gasteiger partial charge < -0.3 is 0 Å². The van der Waals surface area contributed by atoms with E-state index in [0.717, 1.165) is 12.8 Å². The van der Waals surface area contributed by atoms with Gasteiger partial charge in [-0.1, -0.05) is 37.1 Å². The van der Waals surface area contributed by atoms with Crippen molar-refractivity contribution in [1.29, 1.82) is 0 Å². The number of nitro groups is 1. The van der Waals surface area contributed by atoms with E-state index in [1.54, 1.807) is 36.4 Å². The Kier molecular flexibility index (Phi) is 3.42. The molecule has 0 saturated heterocycles. The predicted octanol–water partition coefficient (Wildman–Crippen LogP) is 3.66. The molecular weight excluding hydrogens is 320 g/mol. The Bertz CT molecular complexity index is 865. The van der Waals surface area contributed by atoms with Gasteiger partial charge in [-0.25, -0.2) is 0 Å². The fourth-order valence-corrected chi connectivity index (χ4v) is 4.09. The normalized spacial score (nSPS) is 18.5. The number of amides is 2. The van der Waals surface area contributed by atoms with Crippen molar-refractivity contribution < 1.29 is 14.5 Å². The van der Waals surface area contributed by atoms with E-state index in [-0.39, 0.29) is 17.5 Å². The number of carbonyl (C=O) groups excluding carboxylic acids is 2. The van der Waals surface area contributed by atoms with Gasteiger partial charge in [-0.2, -0.15) is 0 Å². The first-order chi connectivity index (χ1) is 12.0. The van der Waals surface area contributed by atoms with Crippen LogP contribution in [0.3, 0.4) is 0 Å². The van der Waals surface area contributed by atoms with E-state index in [9.17, 15) is 19.7 Å². The fraction of sp³-hybridized carbons (Fsp3) is 0.263. The molecule has 0 aromatic heterocycles. The predicted molar refractivity (Wildman–Crippen MR) is 90.2 cm³/mol. The van der Waals surface area contributed by atoms with Crippen molar-refractivity contribution in [3.8, 4) is 0 Å². The van der Waals surface area contributed by atoms with Gasteiger partial charge >= 0.3 is 0 Å². The van der Waals surface area contributed by atoms with Gasteiger partial charge in [-0.15, -0.1) is 0 Å². The molecular formula is C19H16N2O4. The molecule has 126 valence electrons. The lowest BCUT2D eigenvalue weighted by atomic mass is 9.86. The molecule has 6 heteroatoms. The third kappa shape index (κ3) is 2.17. The lowest BCUT2D eigenvalue weighted by Gasteiger charge is -2.37. The molecule has 25 heavy (non-hydrogen) atoms. The van der Waals surface area contributed by atoms with Crippen LogP contribution in [0.4, 0.5) is 5.69 Å². The van der Waals surface area contributed by atoms with Crippen LogP contribution in [0.1, 0.15) is 52.0 Å². The van der Waals surface area contributed by atoms with Crippen LogP contribution in [-0.4, -0.2) is 21.6 Å². The molecule has 0 radical (unpaired) electrons. The van der Waals surface area contributed by atoms with Crippen molar-refractivity contribution in [1.82, 2.24) is 4.90 Å². The summed E-state index contributed by atoms with van der Waals surface area (Å²) in [6.45, 7) is 0. The molecule has 6 nitrogen and oxygen atoms in total. The molecule has 1 aliphatic carbocycles. The van der Waals surface area contributed by atoms with Crippen molar-refractivity contribution in [2.24, 2.45) is 0 Å². The Labute approximate surface area is 144 Å². The fourth-order valence-electron chi connectivity index (χ4n) is 4.09. The van der Waals surface area contributed by atoms with E-state index in [2.05, 4.69) is 0 Å². The molecule has 0 unspecified atom stereocenters. The summed E-state index contributed by atoms with van der Waals surface area (Å²) in [5.41, 5.74) is 0.640. The molecule has 1 heterocycles. The summed E-state index contributed by atoms with van der Waals surface area (Å²) in [6.07, 6.45) is 2.99. The van der Waals surface area contributed by atoms with Gasteiger partial charge in [-0.05, 0) is 30.5 Å². The molecule has 2 aliphatic rings. The lowest BCUT2D eigenvalue weighted by Crippen LogP contribution is -2.47. The Hall–Kier alpha value is -3.02. The summed E-state index contributed by atoms with van der Waals surface area (Å²) in [4.78, 5) is 38.0. The number of hydrogen-bond donors (Lipinski definition) is 0. The quantitative estimate of drug-likeness (QED) is 0.487. The molecule has 0 bridgehead atoms. The zero-order valence-electron chi connectivity index (χ0n) is 13.5. The topological polar surface area (TPSA) is 80.5 Å². The number of nitro benzene ring substituents is 1. The summed E-state index contributed by atoms with van der Waals surface area (Å²) in [7, 11) is 0. The monoisotopic (exact) mass is 336 g/mol. The number of rotatable bonds is 3. The average Bonchev–Trinajstić information content (AvgIpc) is 3.20. The number of imide groups is 1. The highest BCUT2D eigenvalue weighted by molar-refractivity contribution is 6.21. The summed E-state index contributed by atoms with van der Waals surface area (Å²) in [6, 6.07) is 13.1. The van der Waals surface area contributed by atoms with Crippen molar-refractivity contribution >= 4 is 17.5 Å². The molecule has 1 aliphatic heterocycles. The van der Waals surface area contributed by atoms with Gasteiger partial charge in [0.2, 0.25) is 0 Å². The van der Waals surface area contributed by atoms with Crippen LogP contribution >= 0.6 is 0 Å². The second-order valence-corrected chi connectivity index (χ2v) is 6.54. The second kappa shape index (κ2) is 5.51. The number of hydrogen-bond acceptors (Lipinski definition) is 4. The zero-order valence-corrected chi connectivity index (χ0v) is 13.5. The Morgan fingerprint density at radius 1 is 0.920 bits per heavy atom. The highest BCUT2D eigenvalue weighted by Gasteiger charge is 2.51.